The summed E-state index contributed by atoms with van der Waals surface area (Å²) in [5, 5.41) is 0. The lowest BCUT2D eigenvalue weighted by Crippen LogP contribution is -1.93. The molecule has 0 aromatic rings. The predicted molar refractivity (Wildman–Crippen MR) is 39.8 cm³/mol. The number of hydrogen-bond acceptors (Lipinski definition) is 0. The first-order valence-electron chi connectivity index (χ1n) is 3.82. The Balaban J connectivity index is 2.00. The van der Waals surface area contributed by atoms with Gasteiger partial charge in [0.05, 0.1) is 0 Å². The van der Waals surface area contributed by atoms with Gasteiger partial charge in [-0.1, -0.05) is 44.2 Å². The van der Waals surface area contributed by atoms with Gasteiger partial charge in [-0.25, -0.2) is 0 Å². The Bertz CT molecular complexity index is 28.3. The molecule has 0 saturated carbocycles. The summed E-state index contributed by atoms with van der Waals surface area (Å²) < 4.78 is 0. The quantitative estimate of drug-likeness (QED) is 0.438. The van der Waals surface area contributed by atoms with E-state index in [9.17, 15) is 0 Å². The third-order valence-corrected chi connectivity index (χ3v) is 3.45. The molecule has 1 heteroatoms. The van der Waals surface area contributed by atoms with E-state index < -0.39 is 0 Å². The summed E-state index contributed by atoms with van der Waals surface area (Å²) in [4.78, 5) is 0. The van der Waals surface area contributed by atoms with Crippen molar-refractivity contribution in [2.24, 2.45) is 0 Å². The minimum Gasteiger partial charge on any atom is -0.0620 e. The largest absolute Gasteiger partial charge is 0.0620 e. The van der Waals surface area contributed by atoms with Crippen LogP contribution >= 0.6 is 0 Å². The first kappa shape index (κ1) is 6.34. The van der Waals surface area contributed by atoms with Gasteiger partial charge in [0.15, 0.2) is 0 Å². The molecule has 47 valence electrons. The van der Waals surface area contributed by atoms with Crippen molar-refractivity contribution in [3.63, 3.8) is 0 Å². The van der Waals surface area contributed by atoms with Crippen LogP contribution in [0.1, 0.15) is 32.1 Å². The molecule has 0 aromatic heterocycles. The Kier molecular flexibility index (Phi) is 3.27. The first-order valence-corrected chi connectivity index (χ1v) is 5.45. The van der Waals surface area contributed by atoms with Crippen LogP contribution in [0.2, 0.25) is 12.1 Å². The Labute approximate surface area is 54.5 Å². The van der Waals surface area contributed by atoms with Gasteiger partial charge in [-0.05, 0) is 0 Å². The second kappa shape index (κ2) is 4.13. The summed E-state index contributed by atoms with van der Waals surface area (Å²) in [7, 11) is 0.871. The van der Waals surface area contributed by atoms with E-state index in [1.54, 1.807) is 12.1 Å². The maximum atomic E-state index is 1.58. The fourth-order valence-electron chi connectivity index (χ4n) is 1.25. The standard InChI is InChI=1S/C7H15Si/c1-2-4-6-8-7-5-3-1/h8H,1-7H2. The lowest BCUT2D eigenvalue weighted by molar-refractivity contribution is 0.640. The van der Waals surface area contributed by atoms with Crippen LogP contribution in [0, 0.1) is 0 Å². The molecule has 0 aromatic carbocycles. The van der Waals surface area contributed by atoms with Crippen LogP contribution in [0.5, 0.6) is 0 Å². The lowest BCUT2D eigenvalue weighted by Gasteiger charge is -2.05. The molecule has 1 rings (SSSR count). The van der Waals surface area contributed by atoms with Gasteiger partial charge in [-0.15, -0.1) is 0 Å². The summed E-state index contributed by atoms with van der Waals surface area (Å²) in [6, 6.07) is 3.17. The fraction of sp³-hybridized carbons (Fsp3) is 1.00. The topological polar surface area (TPSA) is 0 Å². The SMILES string of the molecule is C1CCC[SiH]CCC1. The molecule has 0 nitrogen and oxygen atoms in total. The van der Waals surface area contributed by atoms with Gasteiger partial charge in [-0.2, -0.15) is 0 Å². The molecule has 8 heavy (non-hydrogen) atoms. The van der Waals surface area contributed by atoms with Gasteiger partial charge in [0.1, 0.15) is 0 Å². The van der Waals surface area contributed by atoms with E-state index in [4.69, 9.17) is 0 Å². The van der Waals surface area contributed by atoms with Crippen LogP contribution in [0.25, 0.3) is 0 Å². The molecule has 0 bridgehead atoms. The molecular weight excluding hydrogens is 112 g/mol. The van der Waals surface area contributed by atoms with Gasteiger partial charge >= 0.3 is 0 Å². The van der Waals surface area contributed by atoms with Crippen LogP contribution in [-0.2, 0) is 0 Å². The normalized spacial score (nSPS) is 24.0. The summed E-state index contributed by atoms with van der Waals surface area (Å²) in [5.41, 5.74) is 0. The Hall–Kier alpha value is 0.217. The third-order valence-electron chi connectivity index (χ3n) is 1.82. The molecule has 1 aliphatic rings. The summed E-state index contributed by atoms with van der Waals surface area (Å²) in [6.45, 7) is 0. The molecule has 0 spiro atoms. The molecule has 1 heterocycles. The zero-order valence-electron chi connectivity index (χ0n) is 5.53. The molecule has 0 N–H and O–H groups in total. The Morgan fingerprint density at radius 1 is 0.625 bits per heavy atom. The van der Waals surface area contributed by atoms with Crippen molar-refractivity contribution in [1.29, 1.82) is 0 Å². The highest BCUT2D eigenvalue weighted by Crippen LogP contribution is 2.12. The second-order valence-electron chi connectivity index (χ2n) is 2.63. The van der Waals surface area contributed by atoms with Crippen LogP contribution in [-0.4, -0.2) is 9.52 Å². The third kappa shape index (κ3) is 2.51. The van der Waals surface area contributed by atoms with E-state index in [1.165, 1.54) is 32.1 Å². The van der Waals surface area contributed by atoms with Crippen molar-refractivity contribution in [3.05, 3.63) is 0 Å². The molecule has 1 fully saturated rings. The number of hydrogen-bond donors (Lipinski definition) is 0. The molecule has 1 aliphatic heterocycles. The monoisotopic (exact) mass is 127 g/mol. The van der Waals surface area contributed by atoms with Crippen molar-refractivity contribution < 1.29 is 0 Å². The smallest absolute Gasteiger partial charge is 0.0280 e. The van der Waals surface area contributed by atoms with E-state index in [0.717, 1.165) is 9.52 Å². The average Bonchev–Trinajstić information content (AvgIpc) is 1.62. The van der Waals surface area contributed by atoms with Crippen molar-refractivity contribution in [3.8, 4) is 0 Å². The van der Waals surface area contributed by atoms with Crippen LogP contribution in [0.4, 0.5) is 0 Å². The number of rotatable bonds is 0. The van der Waals surface area contributed by atoms with Crippen molar-refractivity contribution in [1.82, 2.24) is 0 Å². The van der Waals surface area contributed by atoms with E-state index in [1.807, 2.05) is 0 Å². The first-order chi connectivity index (χ1) is 4.00. The minimum absolute atomic E-state index is 0.871. The molecule has 1 saturated heterocycles. The fourth-order valence-corrected chi connectivity index (χ4v) is 2.70. The van der Waals surface area contributed by atoms with E-state index in [0.29, 0.717) is 0 Å². The zero-order valence-corrected chi connectivity index (χ0v) is 6.68. The lowest BCUT2D eigenvalue weighted by atomic mass is 10.2. The van der Waals surface area contributed by atoms with Gasteiger partial charge in [0.25, 0.3) is 0 Å². The molecule has 0 amide bonds. The van der Waals surface area contributed by atoms with Crippen molar-refractivity contribution in [2.75, 3.05) is 0 Å². The maximum absolute atomic E-state index is 1.58. The summed E-state index contributed by atoms with van der Waals surface area (Å²) in [5.74, 6) is 0. The summed E-state index contributed by atoms with van der Waals surface area (Å²) in [6.07, 6.45) is 7.63. The van der Waals surface area contributed by atoms with Gasteiger partial charge in [0, 0.05) is 9.52 Å². The van der Waals surface area contributed by atoms with Gasteiger partial charge in [0.2, 0.25) is 0 Å². The van der Waals surface area contributed by atoms with Crippen LogP contribution in [0.3, 0.4) is 0 Å². The van der Waals surface area contributed by atoms with Crippen molar-refractivity contribution >= 4 is 9.52 Å². The Morgan fingerprint density at radius 3 is 1.75 bits per heavy atom. The van der Waals surface area contributed by atoms with E-state index in [-0.39, 0.29) is 0 Å². The Morgan fingerprint density at radius 2 is 1.12 bits per heavy atom. The van der Waals surface area contributed by atoms with E-state index in [2.05, 4.69) is 0 Å². The van der Waals surface area contributed by atoms with Crippen LogP contribution in [0.15, 0.2) is 0 Å². The highest BCUT2D eigenvalue weighted by molar-refractivity contribution is 6.35. The van der Waals surface area contributed by atoms with Gasteiger partial charge < -0.3 is 0 Å². The minimum atomic E-state index is 0.871. The predicted octanol–water partition coefficient (Wildman–Crippen LogP) is 2.22. The second-order valence-corrected chi connectivity index (χ2v) is 4.37. The van der Waals surface area contributed by atoms with E-state index >= 15 is 0 Å². The van der Waals surface area contributed by atoms with Gasteiger partial charge in [-0.3, -0.25) is 0 Å². The zero-order chi connectivity index (χ0) is 5.66. The molecule has 0 aliphatic carbocycles. The maximum Gasteiger partial charge on any atom is 0.0280 e. The average molecular weight is 127 g/mol. The molecule has 1 radical (unpaired) electrons. The summed E-state index contributed by atoms with van der Waals surface area (Å²) >= 11 is 0. The van der Waals surface area contributed by atoms with Crippen molar-refractivity contribution in [2.45, 2.75) is 44.2 Å². The molecule has 0 unspecified atom stereocenters. The highest BCUT2D eigenvalue weighted by Gasteiger charge is 1.96. The highest BCUT2D eigenvalue weighted by atomic mass is 28.2. The molecule has 0 atom stereocenters. The van der Waals surface area contributed by atoms with Crippen LogP contribution < -0.4 is 0 Å². The molecular formula is C7H15Si.